The molecule has 0 aromatic heterocycles. The molecule has 0 aromatic carbocycles. The number of fused-ring (bicyclic) bond motifs is 5. The van der Waals surface area contributed by atoms with Crippen LogP contribution < -0.4 is 0 Å². The Morgan fingerprint density at radius 3 is 2.70 bits per heavy atom. The van der Waals surface area contributed by atoms with Crippen LogP contribution in [0.1, 0.15) is 72.6 Å². The number of Topliss-reactive ketones (excluding diaryl/α,β-unsaturated/α-hetero) is 1. The van der Waals surface area contributed by atoms with Gasteiger partial charge in [-0.25, -0.2) is 0 Å². The van der Waals surface area contributed by atoms with E-state index in [0.717, 1.165) is 37.7 Å². The maximum Gasteiger partial charge on any atom is 0.306 e. The van der Waals surface area contributed by atoms with Crippen molar-refractivity contribution in [3.63, 3.8) is 0 Å². The van der Waals surface area contributed by atoms with Gasteiger partial charge in [-0.15, -0.1) is 0 Å². The van der Waals surface area contributed by atoms with E-state index in [2.05, 4.69) is 26.0 Å². The van der Waals surface area contributed by atoms with Crippen molar-refractivity contribution < 1.29 is 19.1 Å². The molecule has 4 rings (SSSR count). The zero-order valence-corrected chi connectivity index (χ0v) is 18.8. The van der Waals surface area contributed by atoms with E-state index in [1.54, 1.807) is 0 Å². The van der Waals surface area contributed by atoms with E-state index in [9.17, 15) is 14.4 Å². The second-order valence-corrected chi connectivity index (χ2v) is 10.5. The van der Waals surface area contributed by atoms with Gasteiger partial charge in [0.15, 0.2) is 18.2 Å². The van der Waals surface area contributed by atoms with Crippen molar-refractivity contribution >= 4 is 17.5 Å². The molecule has 4 atom stereocenters. The van der Waals surface area contributed by atoms with Gasteiger partial charge in [0.1, 0.15) is 0 Å². The lowest BCUT2D eigenvalue weighted by Crippen LogP contribution is -2.44. The summed E-state index contributed by atoms with van der Waals surface area (Å²) in [5.41, 5.74) is 3.49. The summed E-state index contributed by atoms with van der Waals surface area (Å²) in [6.07, 6.45) is 12.1. The van der Waals surface area contributed by atoms with Gasteiger partial charge in [0.05, 0.1) is 0 Å². The topological polar surface area (TPSA) is 60.4 Å². The Morgan fingerprint density at radius 2 is 1.97 bits per heavy atom. The minimum Gasteiger partial charge on any atom is -0.457 e. The van der Waals surface area contributed by atoms with Crippen molar-refractivity contribution in [3.8, 4) is 0 Å². The highest BCUT2D eigenvalue weighted by molar-refractivity contribution is 5.99. The number of ketones is 2. The van der Waals surface area contributed by atoms with Crippen LogP contribution in [0.15, 0.2) is 34.9 Å². The first-order valence-corrected chi connectivity index (χ1v) is 11.5. The number of allylic oxidation sites excluding steroid dienone is 5. The Balaban J connectivity index is 1.52. The van der Waals surface area contributed by atoms with Gasteiger partial charge in [-0.2, -0.15) is 0 Å². The third kappa shape index (κ3) is 3.42. The van der Waals surface area contributed by atoms with E-state index in [4.69, 9.17) is 4.74 Å². The Hall–Kier alpha value is -1.97. The fraction of sp³-hybridized carbons (Fsp3) is 0.654. The third-order valence-electron chi connectivity index (χ3n) is 8.16. The molecule has 1 saturated carbocycles. The van der Waals surface area contributed by atoms with Gasteiger partial charge in [-0.05, 0) is 55.9 Å². The number of rotatable bonds is 5. The van der Waals surface area contributed by atoms with E-state index in [-0.39, 0.29) is 40.9 Å². The Bertz CT molecular complexity index is 873. The molecule has 4 heteroatoms. The average Bonchev–Trinajstić information content (AvgIpc) is 3.03. The van der Waals surface area contributed by atoms with E-state index in [1.165, 1.54) is 11.1 Å². The maximum absolute atomic E-state index is 13.0. The van der Waals surface area contributed by atoms with Gasteiger partial charge in [0, 0.05) is 29.2 Å². The van der Waals surface area contributed by atoms with Gasteiger partial charge in [-0.3, -0.25) is 14.4 Å². The molecule has 4 nitrogen and oxygen atoms in total. The monoisotopic (exact) mass is 410 g/mol. The number of ether oxygens (including phenoxy) is 1. The normalized spacial score (nSPS) is 35.0. The number of carbonyl (C=O) groups excluding carboxylic acids is 3. The number of hydrogen-bond donors (Lipinski definition) is 0. The summed E-state index contributed by atoms with van der Waals surface area (Å²) in [4.78, 5) is 36.8. The fourth-order valence-corrected chi connectivity index (χ4v) is 6.49. The minimum atomic E-state index is -0.296. The molecule has 0 aromatic rings. The van der Waals surface area contributed by atoms with Crippen LogP contribution in [-0.2, 0) is 19.1 Å². The van der Waals surface area contributed by atoms with Crippen LogP contribution in [0.25, 0.3) is 0 Å². The number of hydrogen-bond acceptors (Lipinski definition) is 4. The Labute approximate surface area is 179 Å². The lowest BCUT2D eigenvalue weighted by molar-refractivity contribution is -0.148. The smallest absolute Gasteiger partial charge is 0.306 e. The lowest BCUT2D eigenvalue weighted by atomic mass is 9.51. The van der Waals surface area contributed by atoms with Crippen molar-refractivity contribution in [1.82, 2.24) is 0 Å². The zero-order chi connectivity index (χ0) is 21.7. The van der Waals surface area contributed by atoms with Crippen molar-refractivity contribution in [3.05, 3.63) is 34.9 Å². The maximum atomic E-state index is 13.0. The largest absolute Gasteiger partial charge is 0.457 e. The second-order valence-electron chi connectivity index (χ2n) is 10.5. The van der Waals surface area contributed by atoms with Crippen LogP contribution in [0, 0.1) is 28.6 Å². The second kappa shape index (κ2) is 7.62. The summed E-state index contributed by atoms with van der Waals surface area (Å²) >= 11 is 0. The molecule has 0 N–H and O–H groups in total. The highest BCUT2D eigenvalue weighted by Crippen LogP contribution is 2.63. The summed E-state index contributed by atoms with van der Waals surface area (Å²) in [5.74, 6) is 1.03. The highest BCUT2D eigenvalue weighted by Gasteiger charge is 2.54. The fourth-order valence-electron chi connectivity index (χ4n) is 6.49. The molecule has 4 aliphatic carbocycles. The lowest BCUT2D eigenvalue weighted by Gasteiger charge is -2.53. The Morgan fingerprint density at radius 1 is 1.20 bits per heavy atom. The summed E-state index contributed by atoms with van der Waals surface area (Å²) in [6, 6.07) is 0. The quantitative estimate of drug-likeness (QED) is 0.465. The molecular weight excluding hydrogens is 376 g/mol. The van der Waals surface area contributed by atoms with Crippen LogP contribution in [-0.4, -0.2) is 24.1 Å². The molecule has 1 fully saturated rings. The van der Waals surface area contributed by atoms with Gasteiger partial charge < -0.3 is 4.74 Å². The van der Waals surface area contributed by atoms with Gasteiger partial charge in [0.25, 0.3) is 0 Å². The predicted molar refractivity (Wildman–Crippen MR) is 116 cm³/mol. The van der Waals surface area contributed by atoms with E-state index < -0.39 is 0 Å². The van der Waals surface area contributed by atoms with Crippen molar-refractivity contribution in [1.29, 1.82) is 0 Å². The van der Waals surface area contributed by atoms with Crippen LogP contribution in [0.4, 0.5) is 0 Å². The molecule has 0 bridgehead atoms. The van der Waals surface area contributed by atoms with Crippen LogP contribution in [0.3, 0.4) is 0 Å². The molecule has 0 spiro atoms. The molecule has 0 heterocycles. The van der Waals surface area contributed by atoms with E-state index in [0.29, 0.717) is 24.7 Å². The van der Waals surface area contributed by atoms with Gasteiger partial charge >= 0.3 is 5.97 Å². The number of carbonyl (C=O) groups is 3. The molecule has 0 radical (unpaired) electrons. The molecular formula is C26H34O4. The molecule has 0 unspecified atom stereocenters. The average molecular weight is 411 g/mol. The predicted octanol–water partition coefficient (Wildman–Crippen LogP) is 5.13. The van der Waals surface area contributed by atoms with Crippen LogP contribution >= 0.6 is 0 Å². The number of esters is 1. The molecule has 162 valence electrons. The molecule has 4 aliphatic rings. The molecule has 30 heavy (non-hydrogen) atoms. The SMILES string of the molecule is CC(C)CC(=O)OCC(=O)C1=CC[C@H]2[C@@H]3CCC4=CC(=O)CC[C@]4(C)C3=CC[C@]12C. The third-order valence-corrected chi connectivity index (χ3v) is 8.16. The molecule has 0 saturated heterocycles. The van der Waals surface area contributed by atoms with E-state index in [1.807, 2.05) is 19.9 Å². The summed E-state index contributed by atoms with van der Waals surface area (Å²) in [7, 11) is 0. The zero-order valence-electron chi connectivity index (χ0n) is 18.8. The van der Waals surface area contributed by atoms with Gasteiger partial charge in [0.2, 0.25) is 0 Å². The molecule has 0 amide bonds. The summed E-state index contributed by atoms with van der Waals surface area (Å²) < 4.78 is 5.27. The van der Waals surface area contributed by atoms with Gasteiger partial charge in [-0.1, -0.05) is 51.0 Å². The van der Waals surface area contributed by atoms with Crippen molar-refractivity contribution in [2.75, 3.05) is 6.61 Å². The highest BCUT2D eigenvalue weighted by atomic mass is 16.5. The van der Waals surface area contributed by atoms with Crippen molar-refractivity contribution in [2.45, 2.75) is 72.6 Å². The van der Waals surface area contributed by atoms with Crippen LogP contribution in [0.5, 0.6) is 0 Å². The molecule has 0 aliphatic heterocycles. The standard InChI is InChI=1S/C26H34O4/c1-16(2)13-24(29)30-15-23(28)22-8-7-20-19-6-5-17-14-18(27)9-11-25(17,3)21(19)10-12-26(20,22)4/h8,10,14,16,19-20H,5-7,9,11-13,15H2,1-4H3/t19-,20-,25-,26-/m0/s1. The van der Waals surface area contributed by atoms with E-state index >= 15 is 0 Å². The summed E-state index contributed by atoms with van der Waals surface area (Å²) in [5, 5.41) is 0. The first-order chi connectivity index (χ1) is 14.1. The Kier molecular flexibility index (Phi) is 5.40. The summed E-state index contributed by atoms with van der Waals surface area (Å²) in [6.45, 7) is 8.32. The first kappa shape index (κ1) is 21.3. The van der Waals surface area contributed by atoms with Crippen molar-refractivity contribution in [2.24, 2.45) is 28.6 Å². The van der Waals surface area contributed by atoms with Crippen LogP contribution in [0.2, 0.25) is 0 Å². The first-order valence-electron chi connectivity index (χ1n) is 11.5. The minimum absolute atomic E-state index is 0.0112.